The average Bonchev–Trinajstić information content (AvgIpc) is 3.07. The number of benzene rings is 1. The zero-order chi connectivity index (χ0) is 18.9. The van der Waals surface area contributed by atoms with Crippen molar-refractivity contribution in [1.29, 1.82) is 0 Å². The van der Waals surface area contributed by atoms with Crippen LogP contribution >= 0.6 is 0 Å². The number of aliphatic imine (C=N–C) groups is 1. The number of amides is 1. The van der Waals surface area contributed by atoms with Crippen molar-refractivity contribution in [2.45, 2.75) is 32.2 Å². The molecule has 144 valence electrons. The van der Waals surface area contributed by atoms with Crippen LogP contribution in [-0.2, 0) is 4.79 Å². The number of carbonyl (C=O) groups excluding carboxylic acids is 1. The molecule has 1 atom stereocenters. The molecule has 1 aromatic rings. The molecule has 1 amide bonds. The molecule has 8 heteroatoms. The van der Waals surface area contributed by atoms with E-state index in [0.29, 0.717) is 38.6 Å². The van der Waals surface area contributed by atoms with Crippen molar-refractivity contribution >= 4 is 17.6 Å². The van der Waals surface area contributed by atoms with Crippen LogP contribution in [0.4, 0.5) is 14.5 Å². The van der Waals surface area contributed by atoms with E-state index in [2.05, 4.69) is 20.9 Å². The number of hydrogen-bond donors (Lipinski definition) is 3. The third kappa shape index (κ3) is 5.57. The van der Waals surface area contributed by atoms with Crippen molar-refractivity contribution in [3.63, 3.8) is 0 Å². The Morgan fingerprint density at radius 1 is 1.27 bits per heavy atom. The lowest BCUT2D eigenvalue weighted by Gasteiger charge is -2.21. The maximum Gasteiger partial charge on any atom is 0.221 e. The van der Waals surface area contributed by atoms with Crippen molar-refractivity contribution in [2.24, 2.45) is 4.99 Å². The van der Waals surface area contributed by atoms with Gasteiger partial charge in [0.15, 0.2) is 5.96 Å². The Hall–Kier alpha value is -2.38. The molecule has 0 bridgehead atoms. The first-order valence-corrected chi connectivity index (χ1v) is 8.98. The molecule has 0 aliphatic carbocycles. The molecule has 1 aliphatic heterocycles. The first kappa shape index (κ1) is 19.9. The van der Waals surface area contributed by atoms with Crippen LogP contribution in [0.5, 0.6) is 0 Å². The number of carbonyl (C=O) groups is 1. The number of para-hydroxylation sites is 1. The second kappa shape index (κ2) is 9.94. The van der Waals surface area contributed by atoms with Gasteiger partial charge in [0.1, 0.15) is 17.3 Å². The minimum absolute atomic E-state index is 0.00290. The maximum absolute atomic E-state index is 13.9. The molecule has 0 aromatic heterocycles. The molecule has 1 fully saturated rings. The summed E-state index contributed by atoms with van der Waals surface area (Å²) in [7, 11) is 1.65. The Morgan fingerprint density at radius 3 is 2.65 bits per heavy atom. The van der Waals surface area contributed by atoms with Gasteiger partial charge < -0.3 is 20.9 Å². The molecule has 1 aliphatic rings. The third-order valence-corrected chi connectivity index (χ3v) is 4.22. The summed E-state index contributed by atoms with van der Waals surface area (Å²) in [5.41, 5.74) is 0.0207. The Morgan fingerprint density at radius 2 is 2.00 bits per heavy atom. The lowest BCUT2D eigenvalue weighted by atomic mass is 10.2. The van der Waals surface area contributed by atoms with Gasteiger partial charge in [0.05, 0.1) is 0 Å². The third-order valence-electron chi connectivity index (χ3n) is 4.22. The highest BCUT2D eigenvalue weighted by molar-refractivity contribution is 5.81. The van der Waals surface area contributed by atoms with Gasteiger partial charge >= 0.3 is 0 Å². The van der Waals surface area contributed by atoms with E-state index in [1.807, 2.05) is 6.92 Å². The first-order chi connectivity index (χ1) is 12.5. The molecular formula is C18H27F2N5O. The van der Waals surface area contributed by atoms with Crippen molar-refractivity contribution in [3.05, 3.63) is 29.8 Å². The molecule has 1 aromatic carbocycles. The summed E-state index contributed by atoms with van der Waals surface area (Å²) in [6, 6.07) is 3.92. The van der Waals surface area contributed by atoms with Crippen molar-refractivity contribution in [2.75, 3.05) is 38.1 Å². The van der Waals surface area contributed by atoms with Gasteiger partial charge in [-0.3, -0.25) is 9.79 Å². The van der Waals surface area contributed by atoms with Crippen LogP contribution in [0.25, 0.3) is 0 Å². The normalized spacial score (nSPS) is 17.3. The highest BCUT2D eigenvalue weighted by Gasteiger charge is 2.27. The van der Waals surface area contributed by atoms with Crippen molar-refractivity contribution < 1.29 is 13.6 Å². The highest BCUT2D eigenvalue weighted by atomic mass is 19.1. The molecule has 1 unspecified atom stereocenters. The molecule has 3 N–H and O–H groups in total. The predicted molar refractivity (Wildman–Crippen MR) is 99.4 cm³/mol. The molecular weight excluding hydrogens is 340 g/mol. The smallest absolute Gasteiger partial charge is 0.221 e. The van der Waals surface area contributed by atoms with Gasteiger partial charge in [0.25, 0.3) is 0 Å². The fourth-order valence-corrected chi connectivity index (χ4v) is 2.91. The van der Waals surface area contributed by atoms with Gasteiger partial charge in [-0.1, -0.05) is 13.0 Å². The van der Waals surface area contributed by atoms with Crippen LogP contribution in [0.1, 0.15) is 26.2 Å². The monoisotopic (exact) mass is 367 g/mol. The molecule has 2 rings (SSSR count). The fraction of sp³-hybridized carbons (Fsp3) is 0.556. The van der Waals surface area contributed by atoms with Crippen molar-refractivity contribution in [1.82, 2.24) is 16.0 Å². The second-order valence-corrected chi connectivity index (χ2v) is 6.25. The van der Waals surface area contributed by atoms with Gasteiger partial charge in [0, 0.05) is 45.7 Å². The summed E-state index contributed by atoms with van der Waals surface area (Å²) in [6.07, 6.45) is 2.01. The molecule has 0 spiro atoms. The van der Waals surface area contributed by atoms with Crippen molar-refractivity contribution in [3.8, 4) is 0 Å². The van der Waals surface area contributed by atoms with Crippen LogP contribution in [0.2, 0.25) is 0 Å². The van der Waals surface area contributed by atoms with Gasteiger partial charge in [-0.25, -0.2) is 8.78 Å². The number of hydrogen-bond acceptors (Lipinski definition) is 3. The van der Waals surface area contributed by atoms with Gasteiger partial charge in [-0.2, -0.15) is 0 Å². The highest BCUT2D eigenvalue weighted by Crippen LogP contribution is 2.26. The van der Waals surface area contributed by atoms with Crippen LogP contribution < -0.4 is 20.9 Å². The Labute approximate surface area is 153 Å². The molecule has 26 heavy (non-hydrogen) atoms. The molecule has 0 saturated carbocycles. The lowest BCUT2D eigenvalue weighted by molar-refractivity contribution is -0.120. The summed E-state index contributed by atoms with van der Waals surface area (Å²) in [5, 5.41) is 9.15. The van der Waals surface area contributed by atoms with Gasteiger partial charge in [-0.05, 0) is 25.0 Å². The minimum atomic E-state index is -0.550. The van der Waals surface area contributed by atoms with E-state index in [0.717, 1.165) is 12.8 Å². The average molecular weight is 367 g/mol. The van der Waals surface area contributed by atoms with E-state index in [1.165, 1.54) is 18.2 Å². The summed E-state index contributed by atoms with van der Waals surface area (Å²) in [5.74, 6) is -0.525. The van der Waals surface area contributed by atoms with Crippen LogP contribution in [0.15, 0.2) is 23.2 Å². The number of anilines is 1. The SMILES string of the molecule is CCCNC(=O)CCNC(=NC)NC1CCN(c2c(F)cccc2F)C1. The molecule has 1 heterocycles. The van der Waals surface area contributed by atoms with Gasteiger partial charge in [-0.15, -0.1) is 0 Å². The second-order valence-electron chi connectivity index (χ2n) is 6.25. The maximum atomic E-state index is 13.9. The van der Waals surface area contributed by atoms with E-state index < -0.39 is 11.6 Å². The fourth-order valence-electron chi connectivity index (χ4n) is 2.91. The quantitative estimate of drug-likeness (QED) is 0.506. The van der Waals surface area contributed by atoms with Gasteiger partial charge in [0.2, 0.25) is 5.91 Å². The van der Waals surface area contributed by atoms with E-state index >= 15 is 0 Å². The van der Waals surface area contributed by atoms with Crippen LogP contribution in [0.3, 0.4) is 0 Å². The lowest BCUT2D eigenvalue weighted by Crippen LogP contribution is -2.45. The van der Waals surface area contributed by atoms with Crippen LogP contribution in [0, 0.1) is 11.6 Å². The molecule has 6 nitrogen and oxygen atoms in total. The molecule has 1 saturated heterocycles. The topological polar surface area (TPSA) is 68.8 Å². The summed E-state index contributed by atoms with van der Waals surface area (Å²) >= 11 is 0. The zero-order valence-corrected chi connectivity index (χ0v) is 15.3. The zero-order valence-electron chi connectivity index (χ0n) is 15.3. The molecule has 0 radical (unpaired) electrons. The standard InChI is InChI=1S/C18H27F2N5O/c1-3-9-22-16(26)7-10-23-18(21-2)24-13-8-11-25(12-13)17-14(19)5-4-6-15(17)20/h4-6,13H,3,7-12H2,1-2H3,(H,22,26)(H2,21,23,24). The predicted octanol–water partition coefficient (Wildman–Crippen LogP) is 1.62. The number of guanidine groups is 1. The minimum Gasteiger partial charge on any atom is -0.365 e. The van der Waals surface area contributed by atoms with E-state index in [9.17, 15) is 13.6 Å². The Bertz CT molecular complexity index is 618. The summed E-state index contributed by atoms with van der Waals surface area (Å²) in [6.45, 7) is 4.19. The number of halogens is 2. The summed E-state index contributed by atoms with van der Waals surface area (Å²) < 4.78 is 27.8. The van der Waals surface area contributed by atoms with E-state index in [-0.39, 0.29) is 17.6 Å². The number of rotatable bonds is 7. The Balaban J connectivity index is 1.80. The largest absolute Gasteiger partial charge is 0.365 e. The number of nitrogens with zero attached hydrogens (tertiary/aromatic N) is 2. The Kier molecular flexibility index (Phi) is 7.62. The van der Waals surface area contributed by atoms with E-state index in [4.69, 9.17) is 0 Å². The van der Waals surface area contributed by atoms with E-state index in [1.54, 1.807) is 11.9 Å². The van der Waals surface area contributed by atoms with Crippen LogP contribution in [-0.4, -0.2) is 51.1 Å². The summed E-state index contributed by atoms with van der Waals surface area (Å²) in [4.78, 5) is 17.4. The number of nitrogens with one attached hydrogen (secondary N) is 3. The first-order valence-electron chi connectivity index (χ1n) is 8.98.